The molecule has 0 radical (unpaired) electrons. The third kappa shape index (κ3) is 1.79. The Balaban J connectivity index is 1.40. The molecule has 2 aliphatic heterocycles. The minimum atomic E-state index is 0.786. The van der Waals surface area contributed by atoms with Crippen molar-refractivity contribution in [2.24, 2.45) is 5.92 Å². The van der Waals surface area contributed by atoms with Crippen LogP contribution in [-0.4, -0.2) is 37.1 Å². The molecule has 1 N–H and O–H groups in total. The molecule has 18 heavy (non-hydrogen) atoms. The zero-order valence-corrected chi connectivity index (χ0v) is 10.9. The first-order chi connectivity index (χ1) is 8.90. The largest absolute Gasteiger partial charge is 0.312 e. The van der Waals surface area contributed by atoms with Crippen molar-refractivity contribution in [2.45, 2.75) is 31.2 Å². The molecule has 0 aromatic heterocycles. The van der Waals surface area contributed by atoms with Crippen molar-refractivity contribution in [3.63, 3.8) is 0 Å². The van der Waals surface area contributed by atoms with Crippen molar-refractivity contribution >= 4 is 0 Å². The van der Waals surface area contributed by atoms with Crippen LogP contribution in [0.4, 0.5) is 0 Å². The number of nitrogens with zero attached hydrogens (tertiary/aromatic N) is 1. The van der Waals surface area contributed by atoms with Gasteiger partial charge >= 0.3 is 0 Å². The van der Waals surface area contributed by atoms with Gasteiger partial charge in [-0.1, -0.05) is 24.3 Å². The number of piperidine rings is 1. The van der Waals surface area contributed by atoms with Crippen LogP contribution in [0, 0.1) is 5.92 Å². The van der Waals surface area contributed by atoms with E-state index in [2.05, 4.69) is 34.5 Å². The monoisotopic (exact) mass is 242 g/mol. The Bertz CT molecular complexity index is 428. The van der Waals surface area contributed by atoms with Crippen LogP contribution in [0.3, 0.4) is 0 Å². The zero-order valence-electron chi connectivity index (χ0n) is 10.9. The van der Waals surface area contributed by atoms with Crippen molar-refractivity contribution < 1.29 is 0 Å². The standard InChI is InChI=1S/C16H22N2/c1-2-6-15-12(4-1)8-14(15)10-18-9-13-5-3-7-17-16(13)11-18/h1-2,4,6,13-14,16-17H,3,5,7-11H2. The van der Waals surface area contributed by atoms with E-state index in [1.807, 2.05) is 0 Å². The minimum Gasteiger partial charge on any atom is -0.312 e. The van der Waals surface area contributed by atoms with Gasteiger partial charge in [0.2, 0.25) is 0 Å². The highest BCUT2D eigenvalue weighted by atomic mass is 15.2. The Morgan fingerprint density at radius 1 is 1.22 bits per heavy atom. The Kier molecular flexibility index (Phi) is 2.66. The van der Waals surface area contributed by atoms with Gasteiger partial charge in [0, 0.05) is 31.6 Å². The van der Waals surface area contributed by atoms with Crippen LogP contribution >= 0.6 is 0 Å². The number of rotatable bonds is 2. The van der Waals surface area contributed by atoms with Crippen molar-refractivity contribution in [3.8, 4) is 0 Å². The van der Waals surface area contributed by atoms with Crippen LogP contribution in [0.1, 0.15) is 29.9 Å². The maximum Gasteiger partial charge on any atom is 0.0235 e. The summed E-state index contributed by atoms with van der Waals surface area (Å²) in [5.41, 5.74) is 3.19. The molecule has 3 unspecified atom stereocenters. The van der Waals surface area contributed by atoms with E-state index in [4.69, 9.17) is 0 Å². The molecule has 0 saturated carbocycles. The number of hydrogen-bond donors (Lipinski definition) is 1. The number of fused-ring (bicyclic) bond motifs is 2. The van der Waals surface area contributed by atoms with Gasteiger partial charge in [-0.05, 0) is 42.9 Å². The fourth-order valence-electron chi connectivity index (χ4n) is 4.12. The molecule has 96 valence electrons. The molecular formula is C16H22N2. The Labute approximate surface area is 109 Å². The zero-order chi connectivity index (χ0) is 11.9. The highest BCUT2D eigenvalue weighted by Crippen LogP contribution is 2.36. The maximum atomic E-state index is 3.70. The summed E-state index contributed by atoms with van der Waals surface area (Å²) in [7, 11) is 0. The normalized spacial score (nSPS) is 34.8. The lowest BCUT2D eigenvalue weighted by molar-refractivity contribution is 0.288. The molecule has 2 heterocycles. The van der Waals surface area contributed by atoms with Crippen LogP contribution in [0.2, 0.25) is 0 Å². The third-order valence-corrected chi connectivity index (χ3v) is 5.11. The lowest BCUT2D eigenvalue weighted by Crippen LogP contribution is -2.41. The topological polar surface area (TPSA) is 15.3 Å². The van der Waals surface area contributed by atoms with Gasteiger partial charge < -0.3 is 10.2 Å². The highest BCUT2D eigenvalue weighted by molar-refractivity contribution is 5.40. The molecular weight excluding hydrogens is 220 g/mol. The van der Waals surface area contributed by atoms with E-state index in [1.165, 1.54) is 45.4 Å². The fourth-order valence-corrected chi connectivity index (χ4v) is 4.12. The Morgan fingerprint density at radius 3 is 3.06 bits per heavy atom. The van der Waals surface area contributed by atoms with Crippen LogP contribution in [0.25, 0.3) is 0 Å². The second-order valence-corrected chi connectivity index (χ2v) is 6.28. The predicted octanol–water partition coefficient (Wildman–Crippen LogP) is 2.01. The smallest absolute Gasteiger partial charge is 0.0235 e. The van der Waals surface area contributed by atoms with Crippen LogP contribution in [0.5, 0.6) is 0 Å². The van der Waals surface area contributed by atoms with Gasteiger partial charge in [-0.25, -0.2) is 0 Å². The molecule has 2 heteroatoms. The van der Waals surface area contributed by atoms with Crippen molar-refractivity contribution in [2.75, 3.05) is 26.2 Å². The van der Waals surface area contributed by atoms with Gasteiger partial charge in [0.15, 0.2) is 0 Å². The molecule has 2 nitrogen and oxygen atoms in total. The molecule has 2 saturated heterocycles. The second kappa shape index (κ2) is 4.36. The van der Waals surface area contributed by atoms with Gasteiger partial charge in [-0.3, -0.25) is 0 Å². The predicted molar refractivity (Wildman–Crippen MR) is 73.8 cm³/mol. The van der Waals surface area contributed by atoms with Gasteiger partial charge in [0.1, 0.15) is 0 Å². The second-order valence-electron chi connectivity index (χ2n) is 6.28. The van der Waals surface area contributed by atoms with E-state index in [0.717, 1.165) is 17.9 Å². The van der Waals surface area contributed by atoms with Crippen molar-refractivity contribution in [3.05, 3.63) is 35.4 Å². The summed E-state index contributed by atoms with van der Waals surface area (Å²) in [6.45, 7) is 5.13. The fraction of sp³-hybridized carbons (Fsp3) is 0.625. The number of likely N-dealkylation sites (tertiary alicyclic amines) is 1. The highest BCUT2D eigenvalue weighted by Gasteiger charge is 2.36. The number of benzene rings is 1. The molecule has 0 spiro atoms. The molecule has 1 aliphatic carbocycles. The summed E-state index contributed by atoms with van der Waals surface area (Å²) >= 11 is 0. The molecule has 3 atom stereocenters. The van der Waals surface area contributed by atoms with Crippen molar-refractivity contribution in [1.82, 2.24) is 10.2 Å². The quantitative estimate of drug-likeness (QED) is 0.853. The summed E-state index contributed by atoms with van der Waals surface area (Å²) < 4.78 is 0. The average molecular weight is 242 g/mol. The summed E-state index contributed by atoms with van der Waals surface area (Å²) in [5.74, 6) is 1.73. The third-order valence-electron chi connectivity index (χ3n) is 5.11. The number of hydrogen-bond acceptors (Lipinski definition) is 2. The van der Waals surface area contributed by atoms with E-state index in [-0.39, 0.29) is 0 Å². The van der Waals surface area contributed by atoms with Crippen LogP contribution in [-0.2, 0) is 6.42 Å². The first-order valence-electron chi connectivity index (χ1n) is 7.44. The van der Waals surface area contributed by atoms with Gasteiger partial charge in [-0.15, -0.1) is 0 Å². The van der Waals surface area contributed by atoms with Crippen molar-refractivity contribution in [1.29, 1.82) is 0 Å². The van der Waals surface area contributed by atoms with Gasteiger partial charge in [-0.2, -0.15) is 0 Å². The summed E-state index contributed by atoms with van der Waals surface area (Å²) in [6, 6.07) is 9.76. The molecule has 3 aliphatic rings. The SMILES string of the molecule is c1ccc2c(c1)CC2CN1CC2CCCNC2C1. The summed E-state index contributed by atoms with van der Waals surface area (Å²) in [4.78, 5) is 2.70. The molecule has 0 amide bonds. The van der Waals surface area contributed by atoms with Gasteiger partial charge in [0.25, 0.3) is 0 Å². The first-order valence-corrected chi connectivity index (χ1v) is 7.44. The van der Waals surface area contributed by atoms with E-state index in [1.54, 1.807) is 11.1 Å². The molecule has 4 rings (SSSR count). The van der Waals surface area contributed by atoms with Crippen LogP contribution in [0.15, 0.2) is 24.3 Å². The molecule has 1 aromatic rings. The molecule has 1 aromatic carbocycles. The summed E-state index contributed by atoms with van der Waals surface area (Å²) in [6.07, 6.45) is 4.12. The van der Waals surface area contributed by atoms with Gasteiger partial charge in [0.05, 0.1) is 0 Å². The summed E-state index contributed by atoms with van der Waals surface area (Å²) in [5, 5.41) is 3.70. The van der Waals surface area contributed by atoms with E-state index < -0.39 is 0 Å². The average Bonchev–Trinajstić information content (AvgIpc) is 2.78. The Hall–Kier alpha value is -0.860. The lowest BCUT2D eigenvalue weighted by atomic mass is 9.77. The Morgan fingerprint density at radius 2 is 2.17 bits per heavy atom. The lowest BCUT2D eigenvalue weighted by Gasteiger charge is -2.33. The minimum absolute atomic E-state index is 0.786. The molecule has 2 fully saturated rings. The number of nitrogens with one attached hydrogen (secondary N) is 1. The van der Waals surface area contributed by atoms with Crippen LogP contribution < -0.4 is 5.32 Å². The van der Waals surface area contributed by atoms with E-state index >= 15 is 0 Å². The van der Waals surface area contributed by atoms with E-state index in [0.29, 0.717) is 0 Å². The molecule has 0 bridgehead atoms. The first kappa shape index (κ1) is 11.0. The maximum absolute atomic E-state index is 3.70. The van der Waals surface area contributed by atoms with E-state index in [9.17, 15) is 0 Å².